The molecular weight excluding hydrogens is 1660 g/mol. The summed E-state index contributed by atoms with van der Waals surface area (Å²) in [6.45, 7) is 0. The third-order valence-corrected chi connectivity index (χ3v) is 26.9. The van der Waals surface area contributed by atoms with Gasteiger partial charge in [-0.1, -0.05) is 279 Å². The number of fused-ring (bicyclic) bond motifs is 19. The van der Waals surface area contributed by atoms with Crippen LogP contribution in [0.5, 0.6) is 0 Å². The number of pyridine rings is 3. The van der Waals surface area contributed by atoms with Crippen LogP contribution in [-0.4, -0.2) is 57.3 Å². The summed E-state index contributed by atoms with van der Waals surface area (Å²) in [5.41, 5.74) is 31.1. The second-order valence-electron chi connectivity index (χ2n) is 34.6. The molecule has 0 radical (unpaired) electrons. The molecule has 0 saturated carbocycles. The van der Waals surface area contributed by atoms with Gasteiger partial charge in [-0.25, -0.2) is 4.98 Å². The van der Waals surface area contributed by atoms with E-state index in [1.165, 1.54) is 121 Å². The van der Waals surface area contributed by atoms with Gasteiger partial charge < -0.3 is 22.8 Å². The maximum Gasteiger partial charge on any atom is 0.238 e. The van der Waals surface area contributed by atoms with Crippen molar-refractivity contribution in [3.8, 4) is 102 Å². The van der Waals surface area contributed by atoms with E-state index in [1.807, 2.05) is 97.8 Å². The van der Waals surface area contributed by atoms with Gasteiger partial charge in [-0.15, -0.1) is 0 Å². The van der Waals surface area contributed by atoms with Crippen molar-refractivity contribution < 1.29 is 0 Å². The van der Waals surface area contributed by atoms with E-state index in [0.29, 0.717) is 17.6 Å². The summed E-state index contributed by atoms with van der Waals surface area (Å²) in [4.78, 5) is 28.5. The molecule has 12 nitrogen and oxygen atoms in total. The molecule has 18 aromatic carbocycles. The molecule has 0 N–H and O–H groups in total. The summed E-state index contributed by atoms with van der Waals surface area (Å²) >= 11 is 0. The highest BCUT2D eigenvalue weighted by Gasteiger charge is 2.24. The second-order valence-corrected chi connectivity index (χ2v) is 34.6. The lowest BCUT2D eigenvalue weighted by Gasteiger charge is -2.11. The van der Waals surface area contributed by atoms with Crippen molar-refractivity contribution in [2.45, 2.75) is 0 Å². The predicted octanol–water partition coefficient (Wildman–Crippen LogP) is 31.2. The van der Waals surface area contributed by atoms with Gasteiger partial charge in [0.05, 0.1) is 66.2 Å². The number of nitrogens with zero attached hydrogens (tertiary/aromatic N) is 12. The zero-order valence-corrected chi connectivity index (χ0v) is 73.6. The maximum absolute atomic E-state index is 5.08. The van der Waals surface area contributed by atoms with Crippen molar-refractivity contribution in [2.24, 2.45) is 0 Å². The van der Waals surface area contributed by atoms with Gasteiger partial charge in [0.1, 0.15) is 0 Å². The van der Waals surface area contributed by atoms with Crippen LogP contribution in [0.3, 0.4) is 0 Å². The Labute approximate surface area is 781 Å². The van der Waals surface area contributed by atoms with Gasteiger partial charge in [-0.2, -0.15) is 9.97 Å². The smallest absolute Gasteiger partial charge is 0.238 e. The Morgan fingerprint density at radius 3 is 0.757 bits per heavy atom. The van der Waals surface area contributed by atoms with Crippen LogP contribution < -0.4 is 0 Å². The van der Waals surface area contributed by atoms with Crippen molar-refractivity contribution in [3.05, 3.63) is 486 Å². The molecule has 0 aliphatic heterocycles. The van der Waals surface area contributed by atoms with Crippen LogP contribution >= 0.6 is 0 Å². The molecule has 0 aliphatic rings. The minimum absolute atomic E-state index is 0.583. The van der Waals surface area contributed by atoms with Gasteiger partial charge in [0.15, 0.2) is 11.6 Å². The number of rotatable bonds is 12. The van der Waals surface area contributed by atoms with Crippen molar-refractivity contribution in [3.63, 3.8) is 0 Å². The highest BCUT2D eigenvalue weighted by atomic mass is 15.2. The Hall–Kier alpha value is -18.5. The summed E-state index contributed by atoms with van der Waals surface area (Å²) in [5, 5.41) is 16.8. The van der Waals surface area contributed by atoms with E-state index in [1.54, 1.807) is 0 Å². The highest BCUT2D eigenvalue weighted by Crippen LogP contribution is 2.45. The van der Waals surface area contributed by atoms with Crippen LogP contribution in [0.1, 0.15) is 0 Å². The Morgan fingerprint density at radius 2 is 0.390 bits per heavy atom. The van der Waals surface area contributed by atoms with E-state index in [0.717, 1.165) is 105 Å². The monoisotopic (exact) mass is 1740 g/mol. The average Bonchev–Trinajstić information content (AvgIpc) is 1.63. The van der Waals surface area contributed by atoms with Gasteiger partial charge in [0.25, 0.3) is 0 Å². The molecule has 0 spiro atoms. The van der Waals surface area contributed by atoms with E-state index in [2.05, 4.69) is 431 Å². The third kappa shape index (κ3) is 13.4. The number of hydrogen-bond acceptors (Lipinski definition) is 6. The standard InChI is InChI=1S/C44H28N6.C41H27N3.C39H25N3/c1-4-12-29(13-5-1)42-46-43(30-14-6-2-7-15-30)48-44(47-42)50-38-19-11-10-18-34(38)35-26-31(21-23-40(35)50)32-20-22-39-36(27-32)37-28-45-25-24-41(37)49(39)33-16-8-3-9-17-33;1-3-9-28(10-4-1)29-15-19-33(20-16-29)44-38-14-8-7-13-34(38)35-25-30(17-21-39(35)44)31-18-22-40-36(26-31)37-27-42-24-23-41(37)43(40)32-11-5-2-6-12-32;1-2-10-30(11-3-1)41-38-19-16-29(24-34(38)35-25-40-21-20-39(35)41)28-15-18-37-33(23-28)32-12-6-7-13-36(32)42(37)31-17-14-26-8-4-5-9-27(26)22-31/h1-28H;1-27H;1-25H. The minimum atomic E-state index is 0.583. The summed E-state index contributed by atoms with van der Waals surface area (Å²) in [7, 11) is 0. The lowest BCUT2D eigenvalue weighted by Crippen LogP contribution is -2.06. The van der Waals surface area contributed by atoms with Crippen molar-refractivity contribution in [1.29, 1.82) is 0 Å². The molecule has 136 heavy (non-hydrogen) atoms. The van der Waals surface area contributed by atoms with Gasteiger partial charge >= 0.3 is 0 Å². The normalized spacial score (nSPS) is 11.7. The average molecular weight is 1740 g/mol. The predicted molar refractivity (Wildman–Crippen MR) is 562 cm³/mol. The van der Waals surface area contributed by atoms with Crippen molar-refractivity contribution in [1.82, 2.24) is 57.3 Å². The molecule has 0 aliphatic carbocycles. The molecule has 0 bridgehead atoms. The molecular formula is C124H80N12. The molecule has 0 fully saturated rings. The maximum atomic E-state index is 5.08. The summed E-state index contributed by atoms with van der Waals surface area (Å²) in [6.07, 6.45) is 11.6. The van der Waals surface area contributed by atoms with Crippen LogP contribution in [0, 0.1) is 0 Å². The summed E-state index contributed by atoms with van der Waals surface area (Å²) < 4.78 is 13.9. The largest absolute Gasteiger partial charge is 0.309 e. The highest BCUT2D eigenvalue weighted by molar-refractivity contribution is 6.17. The topological polar surface area (TPSA) is 107 Å². The lowest BCUT2D eigenvalue weighted by molar-refractivity contribution is 0.953. The van der Waals surface area contributed by atoms with Gasteiger partial charge in [0, 0.05) is 141 Å². The minimum Gasteiger partial charge on any atom is -0.309 e. The zero-order valence-electron chi connectivity index (χ0n) is 73.6. The number of aromatic nitrogens is 12. The van der Waals surface area contributed by atoms with E-state index >= 15 is 0 Å². The molecule has 28 rings (SSSR count). The van der Waals surface area contributed by atoms with E-state index in [4.69, 9.17) is 15.0 Å². The number of para-hydroxylation sites is 6. The molecule has 28 aromatic rings. The van der Waals surface area contributed by atoms with Crippen LogP contribution in [0.4, 0.5) is 0 Å². The Morgan fingerprint density at radius 1 is 0.140 bits per heavy atom. The fourth-order valence-electron chi connectivity index (χ4n) is 20.6. The van der Waals surface area contributed by atoms with Crippen molar-refractivity contribution in [2.75, 3.05) is 0 Å². The first kappa shape index (κ1) is 78.5. The van der Waals surface area contributed by atoms with Crippen LogP contribution in [0.2, 0.25) is 0 Å². The van der Waals surface area contributed by atoms with E-state index in [9.17, 15) is 0 Å². The Balaban J connectivity index is 0.000000106. The van der Waals surface area contributed by atoms with Crippen LogP contribution in [-0.2, 0) is 0 Å². The fraction of sp³-hybridized carbons (Fsp3) is 0. The molecule has 0 amide bonds. The lowest BCUT2D eigenvalue weighted by atomic mass is 10.0. The summed E-state index contributed by atoms with van der Waals surface area (Å²) in [6, 6.07) is 160. The number of hydrogen-bond donors (Lipinski definition) is 0. The Kier molecular flexibility index (Phi) is 19.0. The molecule has 10 aromatic heterocycles. The van der Waals surface area contributed by atoms with E-state index in [-0.39, 0.29) is 0 Å². The molecule has 12 heteroatoms. The summed E-state index contributed by atoms with van der Waals surface area (Å²) in [5.74, 6) is 1.85. The van der Waals surface area contributed by atoms with Crippen molar-refractivity contribution >= 4 is 142 Å². The quantitative estimate of drug-likeness (QED) is 0.121. The van der Waals surface area contributed by atoms with Crippen LogP contribution in [0.15, 0.2) is 486 Å². The Bertz CT molecular complexity index is 9470. The first-order chi connectivity index (χ1) is 67.5. The number of benzene rings is 18. The van der Waals surface area contributed by atoms with Gasteiger partial charge in [-0.05, 0) is 225 Å². The van der Waals surface area contributed by atoms with Gasteiger partial charge in [-0.3, -0.25) is 19.5 Å². The fourth-order valence-corrected chi connectivity index (χ4v) is 20.6. The molecule has 10 heterocycles. The molecule has 0 atom stereocenters. The molecule has 0 saturated heterocycles. The third-order valence-electron chi connectivity index (χ3n) is 26.9. The van der Waals surface area contributed by atoms with Gasteiger partial charge in [0.2, 0.25) is 5.95 Å². The second kappa shape index (κ2) is 32.8. The van der Waals surface area contributed by atoms with E-state index < -0.39 is 0 Å². The first-order valence-corrected chi connectivity index (χ1v) is 45.9. The van der Waals surface area contributed by atoms with Crippen LogP contribution in [0.25, 0.3) is 243 Å². The SMILES string of the molecule is c1ccc(-c2ccc(-n3c4ccccc4c4cc(-c5ccc6c(c5)c5cnccc5n6-c5ccccc5)ccc43)cc2)cc1.c1ccc(-c2nc(-c3ccccc3)nc(-n3c4ccccc4c4cc(-c5ccc6c(c5)c5cnccc5n6-c5ccccc5)ccc43)n2)cc1.c1ccc(-n2c3ccncc3c3cc(-c4ccc5c(c4)c4ccccc4n5-c4ccc5ccccc5c4)ccc32)cc1. The first-order valence-electron chi connectivity index (χ1n) is 45.9. The molecule has 0 unspecified atom stereocenters. The zero-order chi connectivity index (χ0) is 89.7. The molecule has 636 valence electrons.